The third-order valence-electron chi connectivity index (χ3n) is 3.53. The molecular formula is C15H22FNO. The van der Waals surface area contributed by atoms with Crippen molar-refractivity contribution in [1.82, 2.24) is 5.32 Å². The molecule has 18 heavy (non-hydrogen) atoms. The number of rotatable bonds is 1. The van der Waals surface area contributed by atoms with Crippen LogP contribution in [0.25, 0.3) is 0 Å². The summed E-state index contributed by atoms with van der Waals surface area (Å²) in [7, 11) is 0. The Hall–Kier alpha value is -0.930. The zero-order valence-corrected chi connectivity index (χ0v) is 11.5. The molecule has 0 aliphatic carbocycles. The van der Waals surface area contributed by atoms with Crippen molar-refractivity contribution in [2.75, 3.05) is 0 Å². The Bertz CT molecular complexity index is 420. The van der Waals surface area contributed by atoms with Crippen LogP contribution in [0.4, 0.5) is 4.39 Å². The minimum Gasteiger partial charge on any atom is -0.385 e. The summed E-state index contributed by atoms with van der Waals surface area (Å²) in [6, 6.07) is 6.20. The third-order valence-corrected chi connectivity index (χ3v) is 3.53. The molecule has 1 aromatic carbocycles. The lowest BCUT2D eigenvalue weighted by Gasteiger charge is -2.51. The summed E-state index contributed by atoms with van der Waals surface area (Å²) in [5, 5.41) is 14.5. The molecular weight excluding hydrogens is 229 g/mol. The standard InChI is InChI=1S/C15H22FNO/c1-13(2)9-15(18,10-14(3,4)17-13)11-5-7-12(16)8-6-11/h5-8,17-18H,9-10H2,1-4H3. The summed E-state index contributed by atoms with van der Waals surface area (Å²) in [5.41, 5.74) is -0.395. The summed E-state index contributed by atoms with van der Waals surface area (Å²) in [6.45, 7) is 8.34. The zero-order valence-electron chi connectivity index (χ0n) is 11.5. The molecule has 0 unspecified atom stereocenters. The highest BCUT2D eigenvalue weighted by Gasteiger charge is 2.46. The summed E-state index contributed by atoms with van der Waals surface area (Å²) >= 11 is 0. The Kier molecular flexibility index (Phi) is 3.03. The van der Waals surface area contributed by atoms with Crippen molar-refractivity contribution >= 4 is 0 Å². The van der Waals surface area contributed by atoms with Gasteiger partial charge in [-0.05, 0) is 58.2 Å². The molecule has 1 aliphatic heterocycles. The van der Waals surface area contributed by atoms with Crippen LogP contribution in [0.5, 0.6) is 0 Å². The molecule has 1 aromatic rings. The number of benzene rings is 1. The monoisotopic (exact) mass is 251 g/mol. The fraction of sp³-hybridized carbons (Fsp3) is 0.600. The van der Waals surface area contributed by atoms with E-state index in [0.717, 1.165) is 5.56 Å². The minimum atomic E-state index is -0.897. The highest BCUT2D eigenvalue weighted by Crippen LogP contribution is 2.42. The van der Waals surface area contributed by atoms with E-state index in [0.29, 0.717) is 12.8 Å². The second-order valence-corrected chi connectivity index (χ2v) is 6.78. The lowest BCUT2D eigenvalue weighted by molar-refractivity contribution is -0.0614. The number of nitrogens with one attached hydrogen (secondary N) is 1. The maximum Gasteiger partial charge on any atom is 0.123 e. The van der Waals surface area contributed by atoms with Crippen molar-refractivity contribution in [3.05, 3.63) is 35.6 Å². The van der Waals surface area contributed by atoms with Crippen molar-refractivity contribution in [2.45, 2.75) is 57.2 Å². The second-order valence-electron chi connectivity index (χ2n) is 6.78. The molecule has 3 heteroatoms. The van der Waals surface area contributed by atoms with Crippen LogP contribution in [-0.4, -0.2) is 16.2 Å². The van der Waals surface area contributed by atoms with Crippen LogP contribution >= 0.6 is 0 Å². The molecule has 0 radical (unpaired) electrons. The quantitative estimate of drug-likeness (QED) is 0.804. The lowest BCUT2D eigenvalue weighted by atomic mass is 9.70. The van der Waals surface area contributed by atoms with Gasteiger partial charge in [0.2, 0.25) is 0 Å². The molecule has 2 rings (SSSR count). The van der Waals surface area contributed by atoms with Crippen LogP contribution in [0.3, 0.4) is 0 Å². The van der Waals surface area contributed by atoms with Gasteiger partial charge in [0.15, 0.2) is 0 Å². The molecule has 1 saturated heterocycles. The first-order valence-electron chi connectivity index (χ1n) is 6.40. The molecule has 0 amide bonds. The van der Waals surface area contributed by atoms with E-state index >= 15 is 0 Å². The lowest BCUT2D eigenvalue weighted by Crippen LogP contribution is -2.62. The summed E-state index contributed by atoms with van der Waals surface area (Å²) in [4.78, 5) is 0. The van der Waals surface area contributed by atoms with E-state index in [9.17, 15) is 9.50 Å². The first-order chi connectivity index (χ1) is 8.12. The summed E-state index contributed by atoms with van der Waals surface area (Å²) in [5.74, 6) is -0.269. The number of aliphatic hydroxyl groups is 1. The van der Waals surface area contributed by atoms with E-state index in [1.807, 2.05) is 0 Å². The Morgan fingerprint density at radius 2 is 1.44 bits per heavy atom. The van der Waals surface area contributed by atoms with Gasteiger partial charge in [0, 0.05) is 11.1 Å². The van der Waals surface area contributed by atoms with Crippen LogP contribution in [0.1, 0.15) is 46.1 Å². The molecule has 100 valence electrons. The third kappa shape index (κ3) is 2.73. The van der Waals surface area contributed by atoms with Crippen LogP contribution in [0, 0.1) is 5.82 Å². The second kappa shape index (κ2) is 4.04. The van der Waals surface area contributed by atoms with Gasteiger partial charge in [-0.15, -0.1) is 0 Å². The van der Waals surface area contributed by atoms with Gasteiger partial charge in [-0.3, -0.25) is 0 Å². The number of hydrogen-bond acceptors (Lipinski definition) is 2. The maximum atomic E-state index is 13.0. The largest absolute Gasteiger partial charge is 0.385 e. The Morgan fingerprint density at radius 3 is 1.89 bits per heavy atom. The Balaban J connectivity index is 2.37. The molecule has 0 spiro atoms. The molecule has 0 bridgehead atoms. The molecule has 2 N–H and O–H groups in total. The molecule has 0 atom stereocenters. The highest BCUT2D eigenvalue weighted by atomic mass is 19.1. The van der Waals surface area contributed by atoms with E-state index in [2.05, 4.69) is 33.0 Å². The van der Waals surface area contributed by atoms with Crippen LogP contribution in [0.15, 0.2) is 24.3 Å². The topological polar surface area (TPSA) is 32.3 Å². The first kappa shape index (κ1) is 13.5. The zero-order chi connectivity index (χ0) is 13.6. The summed E-state index contributed by atoms with van der Waals surface area (Å²) < 4.78 is 13.0. The SMILES string of the molecule is CC1(C)CC(O)(c2ccc(F)cc2)CC(C)(C)N1. The van der Waals surface area contributed by atoms with Gasteiger partial charge in [-0.2, -0.15) is 0 Å². The van der Waals surface area contributed by atoms with E-state index in [4.69, 9.17) is 0 Å². The highest BCUT2D eigenvalue weighted by molar-refractivity contribution is 5.26. The molecule has 0 saturated carbocycles. The molecule has 1 heterocycles. The predicted molar refractivity (Wildman–Crippen MR) is 70.8 cm³/mol. The smallest absolute Gasteiger partial charge is 0.123 e. The molecule has 0 aromatic heterocycles. The minimum absolute atomic E-state index is 0.148. The average molecular weight is 251 g/mol. The molecule has 1 aliphatic rings. The number of hydrogen-bond donors (Lipinski definition) is 2. The van der Waals surface area contributed by atoms with E-state index < -0.39 is 5.60 Å². The van der Waals surface area contributed by atoms with Crippen molar-refractivity contribution in [1.29, 1.82) is 0 Å². The van der Waals surface area contributed by atoms with Gasteiger partial charge in [-0.25, -0.2) is 4.39 Å². The van der Waals surface area contributed by atoms with Crippen molar-refractivity contribution < 1.29 is 9.50 Å². The van der Waals surface area contributed by atoms with Crippen LogP contribution in [-0.2, 0) is 5.60 Å². The fourth-order valence-corrected chi connectivity index (χ4v) is 3.49. The summed E-state index contributed by atoms with van der Waals surface area (Å²) in [6.07, 6.45) is 1.24. The van der Waals surface area contributed by atoms with Crippen molar-refractivity contribution in [3.8, 4) is 0 Å². The number of halogens is 1. The Labute approximate surface area is 108 Å². The predicted octanol–water partition coefficient (Wildman–Crippen LogP) is 2.95. The first-order valence-corrected chi connectivity index (χ1v) is 6.40. The van der Waals surface area contributed by atoms with Gasteiger partial charge in [-0.1, -0.05) is 12.1 Å². The van der Waals surface area contributed by atoms with Crippen LogP contribution < -0.4 is 5.32 Å². The molecule has 1 fully saturated rings. The van der Waals surface area contributed by atoms with Crippen LogP contribution in [0.2, 0.25) is 0 Å². The van der Waals surface area contributed by atoms with E-state index in [-0.39, 0.29) is 16.9 Å². The molecule has 2 nitrogen and oxygen atoms in total. The van der Waals surface area contributed by atoms with E-state index in [1.165, 1.54) is 12.1 Å². The van der Waals surface area contributed by atoms with Gasteiger partial charge in [0.05, 0.1) is 5.60 Å². The fourth-order valence-electron chi connectivity index (χ4n) is 3.49. The van der Waals surface area contributed by atoms with Gasteiger partial charge >= 0.3 is 0 Å². The number of piperidine rings is 1. The maximum absolute atomic E-state index is 13.0. The van der Waals surface area contributed by atoms with Gasteiger partial charge in [0.25, 0.3) is 0 Å². The average Bonchev–Trinajstić information content (AvgIpc) is 2.12. The Morgan fingerprint density at radius 1 is 1.00 bits per heavy atom. The van der Waals surface area contributed by atoms with Crippen molar-refractivity contribution in [2.24, 2.45) is 0 Å². The van der Waals surface area contributed by atoms with Gasteiger partial charge < -0.3 is 10.4 Å². The van der Waals surface area contributed by atoms with Gasteiger partial charge in [0.1, 0.15) is 5.82 Å². The van der Waals surface area contributed by atoms with E-state index in [1.54, 1.807) is 12.1 Å². The van der Waals surface area contributed by atoms with Crippen molar-refractivity contribution in [3.63, 3.8) is 0 Å². The normalized spacial score (nSPS) is 24.8.